The van der Waals surface area contributed by atoms with Crippen LogP contribution in [0.5, 0.6) is 0 Å². The van der Waals surface area contributed by atoms with E-state index in [1.165, 1.54) is 23.0 Å². The average Bonchev–Trinajstić information content (AvgIpc) is 3.29. The Morgan fingerprint density at radius 1 is 1.02 bits per heavy atom. The fraction of sp³-hybridized carbons (Fsp3) is 0.192. The highest BCUT2D eigenvalue weighted by molar-refractivity contribution is 6.34. The summed E-state index contributed by atoms with van der Waals surface area (Å²) in [6, 6.07) is 5.73. The zero-order valence-corrected chi connectivity index (χ0v) is 23.0. The van der Waals surface area contributed by atoms with E-state index in [-0.39, 0.29) is 39.4 Å². The summed E-state index contributed by atoms with van der Waals surface area (Å²) in [5.74, 6) is -5.02. The number of halogens is 5. The minimum Gasteiger partial charge on any atom is -0.391 e. The summed E-state index contributed by atoms with van der Waals surface area (Å²) in [7, 11) is 0. The Morgan fingerprint density at radius 3 is 2.43 bits per heavy atom. The van der Waals surface area contributed by atoms with E-state index in [1.54, 1.807) is 19.2 Å². The Kier molecular flexibility index (Phi) is 7.95. The first-order valence-corrected chi connectivity index (χ1v) is 13.0. The largest absolute Gasteiger partial charge is 0.391 e. The molecule has 0 radical (unpaired) electrons. The van der Waals surface area contributed by atoms with Crippen LogP contribution in [0.3, 0.4) is 0 Å². The third-order valence-electron chi connectivity index (χ3n) is 6.15. The van der Waals surface area contributed by atoms with Gasteiger partial charge in [-0.1, -0.05) is 23.2 Å². The molecule has 42 heavy (non-hydrogen) atoms. The van der Waals surface area contributed by atoms with E-state index in [0.29, 0.717) is 27.6 Å². The number of nitrogens with zero attached hydrogens (tertiary/aromatic N) is 5. The predicted molar refractivity (Wildman–Crippen MR) is 149 cm³/mol. The van der Waals surface area contributed by atoms with Crippen LogP contribution in [0.4, 0.5) is 24.8 Å². The Hall–Kier alpha value is -4.40. The fourth-order valence-corrected chi connectivity index (χ4v) is 4.64. The molecule has 0 saturated heterocycles. The number of anilines is 2. The molecule has 0 saturated carbocycles. The van der Waals surface area contributed by atoms with Crippen LogP contribution in [0.1, 0.15) is 18.1 Å². The molecule has 0 bridgehead atoms. The second-order valence-electron chi connectivity index (χ2n) is 9.43. The van der Waals surface area contributed by atoms with E-state index in [4.69, 9.17) is 23.2 Å². The Labute approximate surface area is 243 Å². The SMILES string of the molecule is C[C@@H](O)Cn1cc2cc(Nc3nc(=O)n(Cc4cc(Cl)c[nH]c4=O)c(=O)n3Cc3cc(F)c(F)c(F)c3)c(Cl)cc2n1. The number of hydrogen-bond donors (Lipinski definition) is 3. The number of aromatic nitrogens is 6. The minimum absolute atomic E-state index is 0.0302. The van der Waals surface area contributed by atoms with Crippen LogP contribution in [0, 0.1) is 17.5 Å². The quantitative estimate of drug-likeness (QED) is 0.226. The molecule has 0 aliphatic heterocycles. The molecule has 0 unspecified atom stereocenters. The normalized spacial score (nSPS) is 12.2. The molecule has 0 fully saturated rings. The number of benzene rings is 2. The summed E-state index contributed by atoms with van der Waals surface area (Å²) in [5.41, 5.74) is -2.18. The Bertz CT molecular complexity index is 2000. The fourth-order valence-electron chi connectivity index (χ4n) is 4.25. The molecule has 2 aromatic carbocycles. The molecular weight excluding hydrogens is 602 g/mol. The van der Waals surface area contributed by atoms with Crippen molar-refractivity contribution in [1.29, 1.82) is 0 Å². The molecule has 11 nitrogen and oxygen atoms in total. The lowest BCUT2D eigenvalue weighted by Gasteiger charge is -2.16. The lowest BCUT2D eigenvalue weighted by Crippen LogP contribution is -2.43. The van der Waals surface area contributed by atoms with Gasteiger partial charge >= 0.3 is 11.4 Å². The summed E-state index contributed by atoms with van der Waals surface area (Å²) < 4.78 is 44.6. The lowest BCUT2D eigenvalue weighted by atomic mass is 10.2. The average molecular weight is 622 g/mol. The van der Waals surface area contributed by atoms with Gasteiger partial charge in [-0.05, 0) is 42.8 Å². The smallest absolute Gasteiger partial charge is 0.355 e. The molecule has 0 amide bonds. The molecule has 3 aromatic heterocycles. The van der Waals surface area contributed by atoms with E-state index in [0.717, 1.165) is 4.57 Å². The van der Waals surface area contributed by atoms with Crippen molar-refractivity contribution >= 4 is 45.7 Å². The number of H-pyrrole nitrogens is 1. The highest BCUT2D eigenvalue weighted by Crippen LogP contribution is 2.29. The zero-order valence-electron chi connectivity index (χ0n) is 21.5. The van der Waals surface area contributed by atoms with Crippen molar-refractivity contribution < 1.29 is 18.3 Å². The number of aliphatic hydroxyl groups excluding tert-OH is 1. The van der Waals surface area contributed by atoms with Crippen molar-refractivity contribution in [2.45, 2.75) is 32.7 Å². The Balaban J connectivity index is 1.63. The van der Waals surface area contributed by atoms with Gasteiger partial charge < -0.3 is 15.4 Å². The molecule has 5 rings (SSSR count). The number of aliphatic hydroxyl groups is 1. The molecule has 0 aliphatic carbocycles. The van der Waals surface area contributed by atoms with Crippen molar-refractivity contribution in [3.05, 3.63) is 113 Å². The van der Waals surface area contributed by atoms with Crippen LogP contribution < -0.4 is 22.3 Å². The molecule has 16 heteroatoms. The van der Waals surface area contributed by atoms with Crippen molar-refractivity contribution in [2.24, 2.45) is 0 Å². The van der Waals surface area contributed by atoms with Crippen LogP contribution in [0.15, 0.2) is 57.1 Å². The number of pyridine rings is 1. The molecule has 3 N–H and O–H groups in total. The van der Waals surface area contributed by atoms with E-state index in [2.05, 4.69) is 20.4 Å². The number of rotatable bonds is 8. The first-order valence-electron chi connectivity index (χ1n) is 12.2. The molecule has 5 aromatic rings. The van der Waals surface area contributed by atoms with Gasteiger partial charge in [0.2, 0.25) is 5.95 Å². The number of fused-ring (bicyclic) bond motifs is 1. The third-order valence-corrected chi connectivity index (χ3v) is 6.68. The monoisotopic (exact) mass is 621 g/mol. The number of aromatic amines is 1. The van der Waals surface area contributed by atoms with E-state index >= 15 is 0 Å². The van der Waals surface area contributed by atoms with E-state index in [9.17, 15) is 32.7 Å². The number of nitrogens with one attached hydrogen (secondary N) is 2. The van der Waals surface area contributed by atoms with Crippen LogP contribution >= 0.6 is 23.2 Å². The summed E-state index contributed by atoms with van der Waals surface area (Å²) in [5, 5.41) is 17.7. The van der Waals surface area contributed by atoms with Crippen LogP contribution in [-0.2, 0) is 19.6 Å². The summed E-state index contributed by atoms with van der Waals surface area (Å²) in [6.45, 7) is 0.734. The summed E-state index contributed by atoms with van der Waals surface area (Å²) in [6.07, 6.45) is 2.21. The first kappa shape index (κ1) is 29.1. The minimum atomic E-state index is -1.69. The second kappa shape index (κ2) is 11.5. The summed E-state index contributed by atoms with van der Waals surface area (Å²) >= 11 is 12.4. The van der Waals surface area contributed by atoms with Crippen molar-refractivity contribution in [2.75, 3.05) is 5.32 Å². The molecule has 3 heterocycles. The van der Waals surface area contributed by atoms with Gasteiger partial charge in [0.25, 0.3) is 5.56 Å². The van der Waals surface area contributed by atoms with Gasteiger partial charge in [-0.3, -0.25) is 14.0 Å². The zero-order chi connectivity index (χ0) is 30.3. The summed E-state index contributed by atoms with van der Waals surface area (Å²) in [4.78, 5) is 45.2. The van der Waals surface area contributed by atoms with Gasteiger partial charge in [-0.2, -0.15) is 10.1 Å². The molecule has 0 aliphatic rings. The topological polar surface area (TPSA) is 140 Å². The Morgan fingerprint density at radius 2 is 1.74 bits per heavy atom. The van der Waals surface area contributed by atoms with Gasteiger partial charge in [-0.25, -0.2) is 27.3 Å². The van der Waals surface area contributed by atoms with E-state index < -0.39 is 53.6 Å². The molecule has 0 spiro atoms. The van der Waals surface area contributed by atoms with Gasteiger partial charge in [0.15, 0.2) is 17.5 Å². The highest BCUT2D eigenvalue weighted by Gasteiger charge is 2.19. The highest BCUT2D eigenvalue weighted by atomic mass is 35.5. The lowest BCUT2D eigenvalue weighted by molar-refractivity contribution is 0.169. The standard InChI is InChI=1S/C26H20Cl2F3N7O4/c1-12(39)8-36-10-14-5-21(17(28)6-20(14)35-36)33-24-34-25(41)38(11-15-4-16(27)7-32-23(15)40)26(42)37(24)9-13-2-18(29)22(31)19(30)3-13/h2-7,10,12,39H,8-9,11H2,1H3,(H,32,40)(H,33,34,41)/t12-/m1/s1. The maximum absolute atomic E-state index is 14.0. The van der Waals surface area contributed by atoms with Crippen molar-refractivity contribution in [3.63, 3.8) is 0 Å². The molecule has 1 atom stereocenters. The van der Waals surface area contributed by atoms with Gasteiger partial charge in [-0.15, -0.1) is 0 Å². The van der Waals surface area contributed by atoms with E-state index in [1.807, 2.05) is 0 Å². The van der Waals surface area contributed by atoms with Gasteiger partial charge in [0.05, 0.1) is 47.0 Å². The van der Waals surface area contributed by atoms with Crippen LogP contribution in [0.2, 0.25) is 10.0 Å². The maximum Gasteiger partial charge on any atom is 0.355 e. The predicted octanol–water partition coefficient (Wildman–Crippen LogP) is 3.39. The van der Waals surface area contributed by atoms with Gasteiger partial charge in [0, 0.05) is 23.3 Å². The molecule has 218 valence electrons. The van der Waals surface area contributed by atoms with Crippen LogP contribution in [-0.4, -0.2) is 40.1 Å². The maximum atomic E-state index is 14.0. The van der Waals surface area contributed by atoms with Gasteiger partial charge in [0.1, 0.15) is 0 Å². The van der Waals surface area contributed by atoms with Crippen molar-refractivity contribution in [1.82, 2.24) is 28.9 Å². The third kappa shape index (κ3) is 5.95. The molecular formula is C26H20Cl2F3N7O4. The van der Waals surface area contributed by atoms with Crippen LogP contribution in [0.25, 0.3) is 10.9 Å². The second-order valence-corrected chi connectivity index (χ2v) is 10.3. The van der Waals surface area contributed by atoms with Crippen molar-refractivity contribution in [3.8, 4) is 0 Å². The number of hydrogen-bond acceptors (Lipinski definition) is 7. The first-order chi connectivity index (χ1) is 19.9.